The van der Waals surface area contributed by atoms with Gasteiger partial charge in [0, 0.05) is 23.8 Å². The number of anilines is 2. The summed E-state index contributed by atoms with van der Waals surface area (Å²) >= 11 is 3.33. The Kier molecular flexibility index (Phi) is 4.10. The topological polar surface area (TPSA) is 53.5 Å². The third kappa shape index (κ3) is 2.59. The second-order valence-corrected chi connectivity index (χ2v) is 7.73. The van der Waals surface area contributed by atoms with E-state index in [2.05, 4.69) is 25.8 Å². The first-order valence-corrected chi connectivity index (χ1v) is 9.25. The van der Waals surface area contributed by atoms with Crippen molar-refractivity contribution in [3.63, 3.8) is 0 Å². The fourth-order valence-electron chi connectivity index (χ4n) is 2.56. The number of hydrogen-bond acceptors (Lipinski definition) is 4. The monoisotopic (exact) mass is 381 g/mol. The van der Waals surface area contributed by atoms with Crippen LogP contribution in [-0.2, 0) is 10.0 Å². The highest BCUT2D eigenvalue weighted by Crippen LogP contribution is 2.34. The third-order valence-corrected chi connectivity index (χ3v) is 6.05. The van der Waals surface area contributed by atoms with Crippen molar-refractivity contribution in [2.24, 2.45) is 0 Å². The Labute approximate surface area is 138 Å². The Bertz CT molecular complexity index is 778. The predicted octanol–water partition coefficient (Wildman–Crippen LogP) is 2.88. The van der Waals surface area contributed by atoms with Crippen molar-refractivity contribution in [3.8, 4) is 0 Å². The molecule has 1 aliphatic heterocycles. The SMILES string of the molecule is CCN1CCN(S(=O)(=O)c2ccc(Br)cc2)c2cccnc21. The van der Waals surface area contributed by atoms with Crippen LogP contribution in [0.15, 0.2) is 52.0 Å². The van der Waals surface area contributed by atoms with Gasteiger partial charge in [0.15, 0.2) is 5.82 Å². The first kappa shape index (κ1) is 15.3. The summed E-state index contributed by atoms with van der Waals surface area (Å²) in [5.74, 6) is 0.719. The molecule has 7 heteroatoms. The summed E-state index contributed by atoms with van der Waals surface area (Å²) in [4.78, 5) is 6.73. The fourth-order valence-corrected chi connectivity index (χ4v) is 4.28. The van der Waals surface area contributed by atoms with Gasteiger partial charge in [0.05, 0.1) is 17.1 Å². The standard InChI is InChI=1S/C15H16BrN3O2S/c1-2-18-10-11-19(14-4-3-9-17-15(14)18)22(20,21)13-7-5-12(16)6-8-13/h3-9H,2,10-11H2,1H3. The smallest absolute Gasteiger partial charge is 0.264 e. The molecule has 2 heterocycles. The normalized spacial score (nSPS) is 14.8. The molecule has 1 aliphatic rings. The van der Waals surface area contributed by atoms with Crippen molar-refractivity contribution in [1.29, 1.82) is 0 Å². The highest BCUT2D eigenvalue weighted by Gasteiger charge is 2.32. The average Bonchev–Trinajstić information content (AvgIpc) is 2.54. The molecule has 5 nitrogen and oxygen atoms in total. The van der Waals surface area contributed by atoms with Gasteiger partial charge in [-0.05, 0) is 43.3 Å². The zero-order valence-corrected chi connectivity index (χ0v) is 14.5. The average molecular weight is 382 g/mol. The maximum absolute atomic E-state index is 12.9. The molecule has 0 aliphatic carbocycles. The third-order valence-electron chi connectivity index (χ3n) is 3.69. The summed E-state index contributed by atoms with van der Waals surface area (Å²) in [7, 11) is -3.58. The van der Waals surface area contributed by atoms with Crippen molar-refractivity contribution < 1.29 is 8.42 Å². The summed E-state index contributed by atoms with van der Waals surface area (Å²) in [5.41, 5.74) is 0.638. The maximum Gasteiger partial charge on any atom is 0.264 e. The first-order chi connectivity index (χ1) is 10.5. The van der Waals surface area contributed by atoms with E-state index in [1.54, 1.807) is 42.6 Å². The molecule has 1 aromatic heterocycles. The number of fused-ring (bicyclic) bond motifs is 1. The van der Waals surface area contributed by atoms with E-state index in [9.17, 15) is 8.42 Å². The number of nitrogens with zero attached hydrogens (tertiary/aromatic N) is 3. The number of sulfonamides is 1. The number of rotatable bonds is 3. The van der Waals surface area contributed by atoms with E-state index in [0.29, 0.717) is 18.8 Å². The van der Waals surface area contributed by atoms with E-state index in [1.807, 2.05) is 6.92 Å². The minimum absolute atomic E-state index is 0.287. The highest BCUT2D eigenvalue weighted by molar-refractivity contribution is 9.10. The van der Waals surface area contributed by atoms with Crippen LogP contribution in [-0.4, -0.2) is 33.0 Å². The van der Waals surface area contributed by atoms with E-state index in [-0.39, 0.29) is 4.90 Å². The van der Waals surface area contributed by atoms with Crippen molar-refractivity contribution in [3.05, 3.63) is 47.1 Å². The highest BCUT2D eigenvalue weighted by atomic mass is 79.9. The number of aromatic nitrogens is 1. The van der Waals surface area contributed by atoms with Gasteiger partial charge >= 0.3 is 0 Å². The lowest BCUT2D eigenvalue weighted by atomic mass is 10.3. The minimum Gasteiger partial charge on any atom is -0.353 e. The lowest BCUT2D eigenvalue weighted by molar-refractivity contribution is 0.588. The van der Waals surface area contributed by atoms with Crippen LogP contribution in [0.3, 0.4) is 0 Å². The Hall–Kier alpha value is -1.60. The fraction of sp³-hybridized carbons (Fsp3) is 0.267. The van der Waals surface area contributed by atoms with Gasteiger partial charge in [0.2, 0.25) is 0 Å². The number of likely N-dealkylation sites (N-methyl/N-ethyl adjacent to an activating group) is 1. The van der Waals surface area contributed by atoms with Crippen molar-refractivity contribution in [2.45, 2.75) is 11.8 Å². The molecule has 0 spiro atoms. The van der Waals surface area contributed by atoms with E-state index in [1.165, 1.54) is 4.31 Å². The van der Waals surface area contributed by atoms with Gasteiger partial charge in [-0.2, -0.15) is 0 Å². The zero-order chi connectivity index (χ0) is 15.7. The first-order valence-electron chi connectivity index (χ1n) is 7.02. The number of pyridine rings is 1. The summed E-state index contributed by atoms with van der Waals surface area (Å²) in [6, 6.07) is 10.3. The Morgan fingerprint density at radius 3 is 2.59 bits per heavy atom. The Morgan fingerprint density at radius 1 is 1.18 bits per heavy atom. The maximum atomic E-state index is 12.9. The van der Waals surface area contributed by atoms with Gasteiger partial charge in [-0.3, -0.25) is 4.31 Å². The van der Waals surface area contributed by atoms with Crippen molar-refractivity contribution in [2.75, 3.05) is 28.8 Å². The quantitative estimate of drug-likeness (QED) is 0.819. The summed E-state index contributed by atoms with van der Waals surface area (Å²) in [6.07, 6.45) is 1.69. The molecule has 0 amide bonds. The van der Waals surface area contributed by atoms with Crippen LogP contribution in [0.4, 0.5) is 11.5 Å². The molecule has 0 fully saturated rings. The molecule has 0 atom stereocenters. The van der Waals surface area contributed by atoms with E-state index < -0.39 is 10.0 Å². The predicted molar refractivity (Wildman–Crippen MR) is 90.8 cm³/mol. The van der Waals surface area contributed by atoms with Crippen molar-refractivity contribution >= 4 is 37.5 Å². The van der Waals surface area contributed by atoms with E-state index >= 15 is 0 Å². The lowest BCUT2D eigenvalue weighted by Crippen LogP contribution is -2.44. The van der Waals surface area contributed by atoms with Gasteiger partial charge in [0.25, 0.3) is 10.0 Å². The molecule has 0 bridgehead atoms. The van der Waals surface area contributed by atoms with Crippen LogP contribution in [0.1, 0.15) is 6.92 Å². The van der Waals surface area contributed by atoms with Crippen molar-refractivity contribution in [1.82, 2.24) is 4.98 Å². The molecule has 2 aromatic rings. The van der Waals surface area contributed by atoms with Crippen LogP contribution < -0.4 is 9.21 Å². The van der Waals surface area contributed by atoms with Crippen LogP contribution >= 0.6 is 15.9 Å². The molecular weight excluding hydrogens is 366 g/mol. The number of benzene rings is 1. The van der Waals surface area contributed by atoms with Gasteiger partial charge in [-0.1, -0.05) is 15.9 Å². The van der Waals surface area contributed by atoms with Crippen LogP contribution in [0.25, 0.3) is 0 Å². The van der Waals surface area contributed by atoms with Gasteiger partial charge in [-0.15, -0.1) is 0 Å². The van der Waals surface area contributed by atoms with Gasteiger partial charge in [-0.25, -0.2) is 13.4 Å². The zero-order valence-electron chi connectivity index (χ0n) is 12.1. The molecule has 22 heavy (non-hydrogen) atoms. The Morgan fingerprint density at radius 2 is 1.91 bits per heavy atom. The van der Waals surface area contributed by atoms with E-state index in [0.717, 1.165) is 16.8 Å². The molecule has 0 unspecified atom stereocenters. The molecule has 0 saturated carbocycles. The second kappa shape index (κ2) is 5.89. The summed E-state index contributed by atoms with van der Waals surface area (Å²) in [5, 5.41) is 0. The molecule has 3 rings (SSSR count). The molecule has 116 valence electrons. The largest absolute Gasteiger partial charge is 0.353 e. The lowest BCUT2D eigenvalue weighted by Gasteiger charge is -2.36. The molecular formula is C15H16BrN3O2S. The Balaban J connectivity index is 2.07. The molecule has 0 radical (unpaired) electrons. The second-order valence-electron chi connectivity index (χ2n) is 4.96. The van der Waals surface area contributed by atoms with Crippen LogP contribution in [0, 0.1) is 0 Å². The minimum atomic E-state index is -3.58. The van der Waals surface area contributed by atoms with Crippen LogP contribution in [0.2, 0.25) is 0 Å². The van der Waals surface area contributed by atoms with Gasteiger partial charge in [0.1, 0.15) is 0 Å². The molecule has 1 aromatic carbocycles. The summed E-state index contributed by atoms with van der Waals surface area (Å²) in [6.45, 7) is 3.90. The summed E-state index contributed by atoms with van der Waals surface area (Å²) < 4.78 is 28.1. The number of hydrogen-bond donors (Lipinski definition) is 0. The van der Waals surface area contributed by atoms with Gasteiger partial charge < -0.3 is 4.90 Å². The van der Waals surface area contributed by atoms with Crippen LogP contribution in [0.5, 0.6) is 0 Å². The number of halogens is 1. The van der Waals surface area contributed by atoms with E-state index in [4.69, 9.17) is 0 Å². The molecule has 0 saturated heterocycles. The molecule has 0 N–H and O–H groups in total.